The molecular weight excluding hydrogens is 692 g/mol. The number of carbonyl (C=O) groups is 1. The molecule has 2 aliphatic rings. The van der Waals surface area contributed by atoms with Crippen LogP contribution in [0, 0.1) is 12.0 Å². The number of amides is 2. The minimum absolute atomic E-state index is 0. The molecule has 1 fully saturated rings. The molecule has 1 aliphatic carbocycles. The SMILES string of the molecule is COC1=C(OCc2ccc(CNC(=O)N(C)O)o2)CC(C2CCC(c3cc(OC)c(OC)c(OC)c3)O2)C=[C-]1.[W]. The molecule has 0 saturated carbocycles. The number of rotatable bonds is 11. The molecule has 1 aromatic carbocycles. The van der Waals surface area contributed by atoms with Gasteiger partial charge in [0, 0.05) is 28.1 Å². The predicted octanol–water partition coefficient (Wildman–Crippen LogP) is 4.51. The second-order valence-electron chi connectivity index (χ2n) is 9.17. The smallest absolute Gasteiger partial charge is 0.341 e. The van der Waals surface area contributed by atoms with Crippen molar-refractivity contribution in [3.63, 3.8) is 0 Å². The summed E-state index contributed by atoms with van der Waals surface area (Å²) in [6.45, 7) is 0.324. The molecule has 2 amide bonds. The molecule has 0 spiro atoms. The van der Waals surface area contributed by atoms with Gasteiger partial charge in [-0.2, -0.15) is 6.08 Å². The number of carbonyl (C=O) groups excluding carboxylic acids is 1. The van der Waals surface area contributed by atoms with Crippen molar-refractivity contribution in [3.05, 3.63) is 65.0 Å². The van der Waals surface area contributed by atoms with Gasteiger partial charge in [-0.15, -0.1) is 0 Å². The number of hydrogen-bond donors (Lipinski definition) is 2. The van der Waals surface area contributed by atoms with E-state index in [0.717, 1.165) is 18.4 Å². The van der Waals surface area contributed by atoms with Crippen molar-refractivity contribution >= 4 is 6.03 Å². The van der Waals surface area contributed by atoms with Crippen LogP contribution in [0.5, 0.6) is 17.2 Å². The monoisotopic (exact) mass is 727 g/mol. The quantitative estimate of drug-likeness (QED) is 0.196. The molecule has 4 rings (SSSR count). The van der Waals surface area contributed by atoms with Gasteiger partial charge in [0.25, 0.3) is 0 Å². The Morgan fingerprint density at radius 2 is 1.77 bits per heavy atom. The summed E-state index contributed by atoms with van der Waals surface area (Å²) in [5.41, 5.74) is 0.968. The van der Waals surface area contributed by atoms with Crippen LogP contribution in [0.25, 0.3) is 0 Å². The zero-order valence-corrected chi connectivity index (χ0v) is 26.2. The Hall–Kier alpha value is -3.14. The van der Waals surface area contributed by atoms with Crippen LogP contribution in [0.1, 0.15) is 42.5 Å². The maximum Gasteiger partial charge on any atom is 0.341 e. The average molecular weight is 727 g/mol. The van der Waals surface area contributed by atoms with E-state index in [4.69, 9.17) is 38.0 Å². The van der Waals surface area contributed by atoms with E-state index in [1.165, 1.54) is 7.05 Å². The molecule has 3 unspecified atom stereocenters. The molecule has 11 nitrogen and oxygen atoms in total. The number of urea groups is 1. The van der Waals surface area contributed by atoms with E-state index >= 15 is 0 Å². The van der Waals surface area contributed by atoms with Crippen molar-refractivity contribution in [2.75, 3.05) is 35.5 Å². The molecule has 218 valence electrons. The zero-order valence-electron chi connectivity index (χ0n) is 23.2. The minimum atomic E-state index is -0.628. The third-order valence-corrected chi connectivity index (χ3v) is 6.71. The van der Waals surface area contributed by atoms with Crippen molar-refractivity contribution in [2.45, 2.75) is 44.6 Å². The van der Waals surface area contributed by atoms with Crippen LogP contribution in [0.15, 0.2) is 46.3 Å². The first kappa shape index (κ1) is 31.4. The fourth-order valence-electron chi connectivity index (χ4n) is 4.71. The molecule has 3 atom stereocenters. The maximum atomic E-state index is 11.5. The molecule has 2 aromatic rings. The first-order valence-corrected chi connectivity index (χ1v) is 12.6. The summed E-state index contributed by atoms with van der Waals surface area (Å²) in [5.74, 6) is 4.13. The Bertz CT molecular complexity index is 1190. The van der Waals surface area contributed by atoms with Crippen LogP contribution >= 0.6 is 0 Å². The number of furan rings is 1. The summed E-state index contributed by atoms with van der Waals surface area (Å²) in [7, 11) is 7.60. The van der Waals surface area contributed by atoms with Gasteiger partial charge in [-0.25, -0.2) is 15.9 Å². The molecular formula is C28H35N2O9W-. The van der Waals surface area contributed by atoms with Gasteiger partial charge in [-0.3, -0.25) is 5.21 Å². The van der Waals surface area contributed by atoms with E-state index in [1.54, 1.807) is 40.6 Å². The molecule has 0 radical (unpaired) electrons. The Morgan fingerprint density at radius 3 is 2.40 bits per heavy atom. The van der Waals surface area contributed by atoms with Crippen molar-refractivity contribution in [1.82, 2.24) is 10.4 Å². The Kier molecular flexibility index (Phi) is 11.4. The Labute approximate surface area is 248 Å². The van der Waals surface area contributed by atoms with Gasteiger partial charge in [0.1, 0.15) is 18.1 Å². The molecule has 1 aliphatic heterocycles. The third-order valence-electron chi connectivity index (χ3n) is 6.71. The topological polar surface area (TPSA) is 121 Å². The maximum absolute atomic E-state index is 11.5. The van der Waals surface area contributed by atoms with Crippen LogP contribution in [-0.4, -0.2) is 57.9 Å². The molecule has 0 bridgehead atoms. The summed E-state index contributed by atoms with van der Waals surface area (Å²) >= 11 is 0. The summed E-state index contributed by atoms with van der Waals surface area (Å²) in [6, 6.07) is 6.75. The average Bonchev–Trinajstić information content (AvgIpc) is 3.64. The number of nitrogens with one attached hydrogen (secondary N) is 1. The van der Waals surface area contributed by atoms with Crippen LogP contribution in [-0.2, 0) is 48.4 Å². The second-order valence-corrected chi connectivity index (χ2v) is 9.17. The number of ether oxygens (including phenoxy) is 6. The largest absolute Gasteiger partial charge is 0.572 e. The van der Waals surface area contributed by atoms with E-state index in [0.29, 0.717) is 51.8 Å². The molecule has 1 saturated heterocycles. The van der Waals surface area contributed by atoms with E-state index in [2.05, 4.69) is 11.4 Å². The third kappa shape index (κ3) is 7.33. The second kappa shape index (κ2) is 14.5. The summed E-state index contributed by atoms with van der Waals surface area (Å²) in [4.78, 5) is 11.5. The standard InChI is InChI=1S/C28H35N2O9.W/c1-30(32)28(31)29-15-19-7-8-20(38-19)16-37-24-12-17(6-9-23(24)33-2)21-10-11-22(39-21)18-13-25(34-3)27(36-5)26(14-18)35-4;/h6-8,13-14,17,21-22,32H,10-12,15-16H2,1-5H3,(H,29,31);/q-1;. The molecule has 40 heavy (non-hydrogen) atoms. The normalized spacial score (nSPS) is 20.0. The van der Waals surface area contributed by atoms with Gasteiger partial charge in [-0.05, 0) is 60.1 Å². The predicted molar refractivity (Wildman–Crippen MR) is 138 cm³/mol. The Balaban J connectivity index is 0.00000441. The number of hydrogen-bond acceptors (Lipinski definition) is 9. The summed E-state index contributed by atoms with van der Waals surface area (Å²) in [5, 5.41) is 12.1. The van der Waals surface area contributed by atoms with E-state index in [1.807, 2.05) is 18.2 Å². The summed E-state index contributed by atoms with van der Waals surface area (Å²) in [6.07, 6.45) is 7.37. The van der Waals surface area contributed by atoms with Crippen molar-refractivity contribution in [3.8, 4) is 17.2 Å². The molecule has 1 aromatic heterocycles. The van der Waals surface area contributed by atoms with E-state index in [-0.39, 0.29) is 52.3 Å². The summed E-state index contributed by atoms with van der Waals surface area (Å²) < 4.78 is 40.2. The molecule has 2 N–H and O–H groups in total. The zero-order chi connectivity index (χ0) is 27.9. The number of allylic oxidation sites excluding steroid dienone is 2. The van der Waals surface area contributed by atoms with Gasteiger partial charge in [0.2, 0.25) is 5.75 Å². The number of hydroxylamine groups is 2. The molecule has 12 heteroatoms. The van der Waals surface area contributed by atoms with Crippen LogP contribution in [0.4, 0.5) is 4.79 Å². The fourth-order valence-corrected chi connectivity index (χ4v) is 4.71. The van der Waals surface area contributed by atoms with E-state index in [9.17, 15) is 4.79 Å². The van der Waals surface area contributed by atoms with Crippen molar-refractivity contribution < 1.29 is 63.9 Å². The van der Waals surface area contributed by atoms with Crippen LogP contribution in [0.2, 0.25) is 0 Å². The van der Waals surface area contributed by atoms with Crippen LogP contribution < -0.4 is 19.5 Å². The van der Waals surface area contributed by atoms with Gasteiger partial charge >= 0.3 is 6.03 Å². The van der Waals surface area contributed by atoms with Gasteiger partial charge < -0.3 is 38.2 Å². The van der Waals surface area contributed by atoms with E-state index < -0.39 is 6.03 Å². The first-order chi connectivity index (χ1) is 18.9. The van der Waals surface area contributed by atoms with Crippen molar-refractivity contribution in [2.24, 2.45) is 5.92 Å². The number of benzene rings is 1. The van der Waals surface area contributed by atoms with Crippen molar-refractivity contribution in [1.29, 1.82) is 0 Å². The fraction of sp³-hybridized carbons (Fsp3) is 0.464. The Morgan fingerprint density at radius 1 is 1.07 bits per heavy atom. The van der Waals surface area contributed by atoms with Gasteiger partial charge in [-0.1, -0.05) is 6.42 Å². The number of methoxy groups -OCH3 is 4. The van der Waals surface area contributed by atoms with Gasteiger partial charge in [0.15, 0.2) is 11.5 Å². The number of nitrogens with zero attached hydrogens (tertiary/aromatic N) is 1. The first-order valence-electron chi connectivity index (χ1n) is 12.6. The van der Waals surface area contributed by atoms with Gasteiger partial charge in [0.05, 0.1) is 47.2 Å². The van der Waals surface area contributed by atoms with Crippen LogP contribution in [0.3, 0.4) is 0 Å². The minimum Gasteiger partial charge on any atom is -0.572 e. The molecule has 2 heterocycles.